The lowest BCUT2D eigenvalue weighted by Gasteiger charge is -2.20. The molecule has 0 aliphatic rings. The van der Waals surface area contributed by atoms with E-state index in [9.17, 15) is 4.79 Å². The quantitative estimate of drug-likeness (QED) is 0.888. The normalized spacial score (nSPS) is 12.9. The van der Waals surface area contributed by atoms with E-state index >= 15 is 0 Å². The lowest BCUT2D eigenvalue weighted by Crippen LogP contribution is -2.36. The summed E-state index contributed by atoms with van der Waals surface area (Å²) in [6, 6.07) is 6.93. The van der Waals surface area contributed by atoms with Gasteiger partial charge in [0, 0.05) is 17.6 Å². The number of halogens is 1. The highest BCUT2D eigenvalue weighted by Gasteiger charge is 2.16. The van der Waals surface area contributed by atoms with Gasteiger partial charge in [-0.2, -0.15) is 0 Å². The van der Waals surface area contributed by atoms with Crippen molar-refractivity contribution < 1.29 is 9.53 Å². The molecule has 0 spiro atoms. The first-order chi connectivity index (χ1) is 8.28. The summed E-state index contributed by atoms with van der Waals surface area (Å²) in [7, 11) is 0. The lowest BCUT2D eigenvalue weighted by atomic mass is 10.1. The molecular formula is C13H19ClN2O2. The molecule has 3 N–H and O–H groups in total. The number of alkyl carbamates (subject to hydrolysis) is 1. The highest BCUT2D eigenvalue weighted by molar-refractivity contribution is 6.30. The second-order valence-corrected chi connectivity index (χ2v) is 5.48. The second kappa shape index (κ2) is 6.07. The van der Waals surface area contributed by atoms with Gasteiger partial charge in [-0.25, -0.2) is 4.79 Å². The Bertz CT molecular complexity index is 398. The molecule has 1 rings (SSSR count). The molecule has 0 aliphatic carbocycles. The van der Waals surface area contributed by atoms with Gasteiger partial charge in [-0.3, -0.25) is 0 Å². The minimum Gasteiger partial charge on any atom is -0.444 e. The van der Waals surface area contributed by atoms with Crippen molar-refractivity contribution in [2.45, 2.75) is 32.4 Å². The van der Waals surface area contributed by atoms with Crippen LogP contribution in [0, 0.1) is 0 Å². The van der Waals surface area contributed by atoms with Gasteiger partial charge in [-0.15, -0.1) is 0 Å². The number of hydrogen-bond acceptors (Lipinski definition) is 3. The highest BCUT2D eigenvalue weighted by Crippen LogP contribution is 2.14. The van der Waals surface area contributed by atoms with Crippen LogP contribution in [0.2, 0.25) is 5.02 Å². The van der Waals surface area contributed by atoms with Gasteiger partial charge in [0.1, 0.15) is 5.60 Å². The van der Waals surface area contributed by atoms with E-state index < -0.39 is 11.7 Å². The van der Waals surface area contributed by atoms with Crippen LogP contribution in [0.3, 0.4) is 0 Å². The van der Waals surface area contributed by atoms with Crippen molar-refractivity contribution in [3.05, 3.63) is 34.9 Å². The molecule has 5 heteroatoms. The lowest BCUT2D eigenvalue weighted by molar-refractivity contribution is 0.0524. The molecule has 0 aromatic heterocycles. The van der Waals surface area contributed by atoms with Crippen LogP contribution in [0.25, 0.3) is 0 Å². The molecule has 0 unspecified atom stereocenters. The standard InChI is InChI=1S/C13H19ClN2O2/c1-13(2,3)18-12(17)16-8-11(15)9-4-6-10(14)7-5-9/h4-7,11H,8,15H2,1-3H3,(H,16,17)/t11-/m1/s1. The molecule has 1 amide bonds. The summed E-state index contributed by atoms with van der Waals surface area (Å²) in [5.41, 5.74) is 6.35. The predicted octanol–water partition coefficient (Wildman–Crippen LogP) is 2.86. The Labute approximate surface area is 112 Å². The summed E-state index contributed by atoms with van der Waals surface area (Å²) in [6.45, 7) is 5.75. The number of nitrogens with one attached hydrogen (secondary N) is 1. The van der Waals surface area contributed by atoms with Crippen LogP contribution in [0.5, 0.6) is 0 Å². The van der Waals surface area contributed by atoms with E-state index in [1.54, 1.807) is 12.1 Å². The summed E-state index contributed by atoms with van der Waals surface area (Å²) in [5.74, 6) is 0. The minimum absolute atomic E-state index is 0.283. The van der Waals surface area contributed by atoms with Crippen LogP contribution in [-0.4, -0.2) is 18.2 Å². The number of ether oxygens (including phenoxy) is 1. The molecule has 0 saturated heterocycles. The summed E-state index contributed by atoms with van der Waals surface area (Å²) >= 11 is 5.79. The predicted molar refractivity (Wildman–Crippen MR) is 72.6 cm³/mol. The third kappa shape index (κ3) is 5.38. The molecule has 1 aromatic rings. The molecular weight excluding hydrogens is 252 g/mol. The largest absolute Gasteiger partial charge is 0.444 e. The fourth-order valence-corrected chi connectivity index (χ4v) is 1.46. The van der Waals surface area contributed by atoms with E-state index in [1.165, 1.54) is 0 Å². The maximum atomic E-state index is 11.4. The molecule has 0 aliphatic heterocycles. The fourth-order valence-electron chi connectivity index (χ4n) is 1.34. The maximum absolute atomic E-state index is 11.4. The fraction of sp³-hybridized carbons (Fsp3) is 0.462. The van der Waals surface area contributed by atoms with Gasteiger partial charge in [0.15, 0.2) is 0 Å². The molecule has 0 radical (unpaired) electrons. The third-order valence-electron chi connectivity index (χ3n) is 2.16. The topological polar surface area (TPSA) is 64.3 Å². The number of nitrogens with two attached hydrogens (primary N) is 1. The Hall–Kier alpha value is -1.26. The summed E-state index contributed by atoms with van der Waals surface area (Å²) in [4.78, 5) is 11.4. The van der Waals surface area contributed by atoms with Gasteiger partial charge in [0.25, 0.3) is 0 Å². The van der Waals surface area contributed by atoms with E-state index in [1.807, 2.05) is 32.9 Å². The SMILES string of the molecule is CC(C)(C)OC(=O)NC[C@@H](N)c1ccc(Cl)cc1. The summed E-state index contributed by atoms with van der Waals surface area (Å²) in [5, 5.41) is 3.29. The highest BCUT2D eigenvalue weighted by atomic mass is 35.5. The van der Waals surface area contributed by atoms with Gasteiger partial charge in [-0.05, 0) is 38.5 Å². The number of carbonyl (C=O) groups is 1. The summed E-state index contributed by atoms with van der Waals surface area (Å²) in [6.07, 6.45) is -0.466. The van der Waals surface area contributed by atoms with E-state index in [0.29, 0.717) is 11.6 Å². The second-order valence-electron chi connectivity index (χ2n) is 5.04. The molecule has 100 valence electrons. The van der Waals surface area contributed by atoms with Crippen LogP contribution in [0.15, 0.2) is 24.3 Å². The van der Waals surface area contributed by atoms with E-state index in [4.69, 9.17) is 22.1 Å². The number of hydrogen-bond donors (Lipinski definition) is 2. The van der Waals surface area contributed by atoms with Gasteiger partial charge in [0.05, 0.1) is 0 Å². The maximum Gasteiger partial charge on any atom is 0.407 e. The molecule has 0 fully saturated rings. The van der Waals surface area contributed by atoms with Crippen LogP contribution in [0.4, 0.5) is 4.79 Å². The average molecular weight is 271 g/mol. The molecule has 1 atom stereocenters. The van der Waals surface area contributed by atoms with Crippen molar-refractivity contribution in [2.24, 2.45) is 5.73 Å². The van der Waals surface area contributed by atoms with Gasteiger partial charge in [-0.1, -0.05) is 23.7 Å². The van der Waals surface area contributed by atoms with Crippen molar-refractivity contribution in [1.82, 2.24) is 5.32 Å². The zero-order valence-corrected chi connectivity index (χ0v) is 11.6. The zero-order valence-electron chi connectivity index (χ0n) is 10.9. The number of rotatable bonds is 3. The molecule has 0 heterocycles. The Morgan fingerprint density at radius 2 is 1.94 bits per heavy atom. The van der Waals surface area contributed by atoms with Crippen molar-refractivity contribution in [1.29, 1.82) is 0 Å². The Kier molecular flexibility index (Phi) is 4.99. The average Bonchev–Trinajstić information content (AvgIpc) is 2.24. The summed E-state index contributed by atoms with van der Waals surface area (Å²) < 4.78 is 5.12. The monoisotopic (exact) mass is 270 g/mol. The van der Waals surface area contributed by atoms with E-state index in [-0.39, 0.29) is 6.04 Å². The Morgan fingerprint density at radius 3 is 2.44 bits per heavy atom. The molecule has 18 heavy (non-hydrogen) atoms. The van der Waals surface area contributed by atoms with Crippen molar-refractivity contribution in [3.8, 4) is 0 Å². The number of amides is 1. The molecule has 1 aromatic carbocycles. The Morgan fingerprint density at radius 1 is 1.39 bits per heavy atom. The van der Waals surface area contributed by atoms with Crippen molar-refractivity contribution >= 4 is 17.7 Å². The first-order valence-corrected chi connectivity index (χ1v) is 6.13. The molecule has 0 saturated carbocycles. The van der Waals surface area contributed by atoms with Crippen LogP contribution in [-0.2, 0) is 4.74 Å². The van der Waals surface area contributed by atoms with Crippen LogP contribution in [0.1, 0.15) is 32.4 Å². The first-order valence-electron chi connectivity index (χ1n) is 5.76. The van der Waals surface area contributed by atoms with Gasteiger partial charge >= 0.3 is 6.09 Å². The Balaban J connectivity index is 2.44. The van der Waals surface area contributed by atoms with Crippen molar-refractivity contribution in [3.63, 3.8) is 0 Å². The zero-order chi connectivity index (χ0) is 13.8. The van der Waals surface area contributed by atoms with E-state index in [2.05, 4.69) is 5.32 Å². The third-order valence-corrected chi connectivity index (χ3v) is 2.42. The van der Waals surface area contributed by atoms with Crippen molar-refractivity contribution in [2.75, 3.05) is 6.54 Å². The van der Waals surface area contributed by atoms with Gasteiger partial charge < -0.3 is 15.8 Å². The smallest absolute Gasteiger partial charge is 0.407 e. The molecule has 0 bridgehead atoms. The van der Waals surface area contributed by atoms with Crippen LogP contribution < -0.4 is 11.1 Å². The van der Waals surface area contributed by atoms with Crippen LogP contribution >= 0.6 is 11.6 Å². The first kappa shape index (κ1) is 14.8. The number of benzene rings is 1. The van der Waals surface area contributed by atoms with Gasteiger partial charge in [0.2, 0.25) is 0 Å². The number of carbonyl (C=O) groups excluding carboxylic acids is 1. The minimum atomic E-state index is -0.506. The molecule has 4 nitrogen and oxygen atoms in total. The van der Waals surface area contributed by atoms with E-state index in [0.717, 1.165) is 5.56 Å².